The van der Waals surface area contributed by atoms with Crippen LogP contribution in [0.4, 0.5) is 4.39 Å². The Hall–Kier alpha value is -3.78. The van der Waals surface area contributed by atoms with Gasteiger partial charge in [-0.2, -0.15) is 5.10 Å². The van der Waals surface area contributed by atoms with Crippen LogP contribution < -0.4 is 10.1 Å². The van der Waals surface area contributed by atoms with E-state index < -0.39 is 0 Å². The third-order valence-electron chi connectivity index (χ3n) is 6.65. The van der Waals surface area contributed by atoms with Crippen molar-refractivity contribution >= 4 is 16.8 Å². The standard InChI is InChI=1S/C27H28FN5O2/c1-3-35-24-12-18(7-8-22(24)17-5-4-6-21(28)11-17)27(34)33(2)26(19-9-10-29-13-19)23-16-30-14-20-15-31-32-25(20)23/h4-8,11-12,14-16,19,26,29H,3,9-10,13H2,1-2H3,(H,31,32)/t19-,26+/m1/s1. The molecule has 1 aliphatic heterocycles. The summed E-state index contributed by atoms with van der Waals surface area (Å²) in [4.78, 5) is 20.0. The summed E-state index contributed by atoms with van der Waals surface area (Å²) in [6.45, 7) is 4.04. The van der Waals surface area contributed by atoms with Crippen molar-refractivity contribution in [3.05, 3.63) is 78.0 Å². The van der Waals surface area contributed by atoms with Crippen LogP contribution in [-0.4, -0.2) is 52.7 Å². The Balaban J connectivity index is 1.52. The maximum absolute atomic E-state index is 13.9. The van der Waals surface area contributed by atoms with Crippen LogP contribution in [0.1, 0.15) is 35.3 Å². The number of aromatic nitrogens is 3. The summed E-state index contributed by atoms with van der Waals surface area (Å²) < 4.78 is 19.7. The SMILES string of the molecule is CCOc1cc(C(=O)N(C)[C@H](c2cncc3cn[nH]c23)[C@@H]2CCNC2)ccc1-c1cccc(F)c1. The smallest absolute Gasteiger partial charge is 0.254 e. The third-order valence-corrected chi connectivity index (χ3v) is 6.65. The molecule has 1 amide bonds. The fourth-order valence-electron chi connectivity index (χ4n) is 4.99. The summed E-state index contributed by atoms with van der Waals surface area (Å²) in [5.41, 5.74) is 3.80. The summed E-state index contributed by atoms with van der Waals surface area (Å²) in [5, 5.41) is 11.6. The highest BCUT2D eigenvalue weighted by molar-refractivity contribution is 5.96. The summed E-state index contributed by atoms with van der Waals surface area (Å²) in [6.07, 6.45) is 6.30. The lowest BCUT2D eigenvalue weighted by molar-refractivity contribution is 0.0679. The minimum atomic E-state index is -0.320. The van der Waals surface area contributed by atoms with Crippen LogP contribution in [0.5, 0.6) is 5.75 Å². The molecule has 2 aromatic carbocycles. The van der Waals surface area contributed by atoms with Crippen molar-refractivity contribution in [1.82, 2.24) is 25.4 Å². The predicted octanol–water partition coefficient (Wildman–Crippen LogP) is 4.59. The van der Waals surface area contributed by atoms with E-state index in [0.717, 1.165) is 41.5 Å². The van der Waals surface area contributed by atoms with Gasteiger partial charge in [0.05, 0.1) is 24.4 Å². The number of amides is 1. The summed E-state index contributed by atoms with van der Waals surface area (Å²) >= 11 is 0. The Morgan fingerprint density at radius 1 is 1.23 bits per heavy atom. The molecule has 1 aliphatic rings. The number of nitrogens with one attached hydrogen (secondary N) is 2. The molecular formula is C27H28FN5O2. The van der Waals surface area contributed by atoms with E-state index in [4.69, 9.17) is 4.74 Å². The van der Waals surface area contributed by atoms with Crippen LogP contribution in [0, 0.1) is 11.7 Å². The fourth-order valence-corrected chi connectivity index (χ4v) is 4.99. The third kappa shape index (κ3) is 4.49. The van der Waals surface area contributed by atoms with E-state index in [1.54, 1.807) is 35.5 Å². The normalized spacial score (nSPS) is 16.4. The number of hydrogen-bond donors (Lipinski definition) is 2. The number of pyridine rings is 1. The molecule has 0 aliphatic carbocycles. The molecule has 0 saturated carbocycles. The lowest BCUT2D eigenvalue weighted by Crippen LogP contribution is -2.36. The first-order valence-corrected chi connectivity index (χ1v) is 11.8. The van der Waals surface area contributed by atoms with E-state index in [2.05, 4.69) is 20.5 Å². The molecule has 3 heterocycles. The Morgan fingerprint density at radius 2 is 2.11 bits per heavy atom. The molecule has 5 rings (SSSR count). The first-order chi connectivity index (χ1) is 17.1. The van der Waals surface area contributed by atoms with Gasteiger partial charge in [-0.05, 0) is 61.7 Å². The molecule has 0 unspecified atom stereocenters. The first kappa shape index (κ1) is 23.0. The molecule has 2 atom stereocenters. The van der Waals surface area contributed by atoms with Gasteiger partial charge in [0.15, 0.2) is 0 Å². The van der Waals surface area contributed by atoms with Gasteiger partial charge < -0.3 is 15.0 Å². The van der Waals surface area contributed by atoms with Crippen LogP contribution >= 0.6 is 0 Å². The molecule has 1 fully saturated rings. The molecule has 1 saturated heterocycles. The topological polar surface area (TPSA) is 83.1 Å². The average molecular weight is 474 g/mol. The van der Waals surface area contributed by atoms with Gasteiger partial charge in [0.1, 0.15) is 11.6 Å². The van der Waals surface area contributed by atoms with Gasteiger partial charge in [-0.1, -0.05) is 12.1 Å². The predicted molar refractivity (Wildman–Crippen MR) is 133 cm³/mol. The molecule has 0 spiro atoms. The Labute approximate surface area is 203 Å². The number of nitrogens with zero attached hydrogens (tertiary/aromatic N) is 3. The Morgan fingerprint density at radius 3 is 2.89 bits per heavy atom. The molecule has 4 aromatic rings. The maximum atomic E-state index is 13.9. The minimum absolute atomic E-state index is 0.120. The van der Waals surface area contributed by atoms with E-state index in [1.807, 2.05) is 32.3 Å². The van der Waals surface area contributed by atoms with Crippen LogP contribution in [0.2, 0.25) is 0 Å². The molecule has 8 heteroatoms. The highest BCUT2D eigenvalue weighted by atomic mass is 19.1. The highest BCUT2D eigenvalue weighted by Gasteiger charge is 2.34. The van der Waals surface area contributed by atoms with Gasteiger partial charge >= 0.3 is 0 Å². The van der Waals surface area contributed by atoms with E-state index in [9.17, 15) is 9.18 Å². The Kier molecular flexibility index (Phi) is 6.46. The second kappa shape index (κ2) is 9.84. The molecule has 35 heavy (non-hydrogen) atoms. The van der Waals surface area contributed by atoms with E-state index in [0.29, 0.717) is 23.5 Å². The number of carbonyl (C=O) groups is 1. The van der Waals surface area contributed by atoms with Crippen molar-refractivity contribution in [2.45, 2.75) is 19.4 Å². The first-order valence-electron chi connectivity index (χ1n) is 11.8. The van der Waals surface area contributed by atoms with Crippen molar-refractivity contribution in [3.63, 3.8) is 0 Å². The zero-order valence-electron chi connectivity index (χ0n) is 19.8. The van der Waals surface area contributed by atoms with Gasteiger partial charge in [-0.25, -0.2) is 4.39 Å². The number of rotatable bonds is 7. The second-order valence-corrected chi connectivity index (χ2v) is 8.83. The second-order valence-electron chi connectivity index (χ2n) is 8.83. The number of hydrogen-bond acceptors (Lipinski definition) is 5. The summed E-state index contributed by atoms with van der Waals surface area (Å²) in [7, 11) is 1.83. The van der Waals surface area contributed by atoms with Crippen molar-refractivity contribution < 1.29 is 13.9 Å². The number of benzene rings is 2. The molecular weight excluding hydrogens is 445 g/mol. The Bertz CT molecular complexity index is 1350. The average Bonchev–Trinajstić information content (AvgIpc) is 3.57. The van der Waals surface area contributed by atoms with E-state index in [1.165, 1.54) is 12.1 Å². The van der Waals surface area contributed by atoms with Gasteiger partial charge in [0.2, 0.25) is 0 Å². The number of fused-ring (bicyclic) bond motifs is 1. The number of carbonyl (C=O) groups excluding carboxylic acids is 1. The zero-order valence-corrected chi connectivity index (χ0v) is 19.8. The largest absolute Gasteiger partial charge is 0.493 e. The molecule has 0 bridgehead atoms. The summed E-state index contributed by atoms with van der Waals surface area (Å²) in [6, 6.07) is 11.5. The monoisotopic (exact) mass is 473 g/mol. The van der Waals surface area contributed by atoms with E-state index in [-0.39, 0.29) is 23.7 Å². The van der Waals surface area contributed by atoms with Crippen molar-refractivity contribution in [1.29, 1.82) is 0 Å². The van der Waals surface area contributed by atoms with Gasteiger partial charge in [0.25, 0.3) is 5.91 Å². The van der Waals surface area contributed by atoms with Gasteiger partial charge in [0, 0.05) is 48.1 Å². The van der Waals surface area contributed by atoms with Crippen molar-refractivity contribution in [2.75, 3.05) is 26.7 Å². The number of H-pyrrole nitrogens is 1. The van der Waals surface area contributed by atoms with Gasteiger partial charge in [-0.3, -0.25) is 14.9 Å². The lowest BCUT2D eigenvalue weighted by atomic mass is 9.90. The molecule has 0 radical (unpaired) electrons. The van der Waals surface area contributed by atoms with Crippen LogP contribution in [0.15, 0.2) is 61.1 Å². The van der Waals surface area contributed by atoms with Crippen LogP contribution in [0.3, 0.4) is 0 Å². The number of halogens is 1. The molecule has 180 valence electrons. The lowest BCUT2D eigenvalue weighted by Gasteiger charge is -2.33. The molecule has 2 aromatic heterocycles. The highest BCUT2D eigenvalue weighted by Crippen LogP contribution is 2.37. The quantitative estimate of drug-likeness (QED) is 0.410. The number of ether oxygens (including phenoxy) is 1. The fraction of sp³-hybridized carbons (Fsp3) is 0.296. The van der Waals surface area contributed by atoms with E-state index >= 15 is 0 Å². The number of aromatic amines is 1. The minimum Gasteiger partial charge on any atom is -0.493 e. The molecule has 2 N–H and O–H groups in total. The van der Waals surface area contributed by atoms with Crippen LogP contribution in [-0.2, 0) is 0 Å². The van der Waals surface area contributed by atoms with Crippen molar-refractivity contribution in [3.8, 4) is 16.9 Å². The maximum Gasteiger partial charge on any atom is 0.254 e. The summed E-state index contributed by atoms with van der Waals surface area (Å²) in [5.74, 6) is 0.343. The zero-order chi connectivity index (χ0) is 24.4. The van der Waals surface area contributed by atoms with Crippen molar-refractivity contribution in [2.24, 2.45) is 5.92 Å². The van der Waals surface area contributed by atoms with Gasteiger partial charge in [-0.15, -0.1) is 0 Å². The molecule has 7 nitrogen and oxygen atoms in total. The van der Waals surface area contributed by atoms with Crippen LogP contribution in [0.25, 0.3) is 22.0 Å².